The Kier molecular flexibility index (Phi) is 5.32. The van der Waals surface area contributed by atoms with E-state index in [0.29, 0.717) is 0 Å². The number of nitrogens with one attached hydrogen (secondary N) is 2. The molecule has 104 valence electrons. The average molecular weight is 333 g/mol. The Balaban J connectivity index is 1.82. The van der Waals surface area contributed by atoms with Crippen molar-refractivity contribution in [2.45, 2.75) is 13.0 Å². The van der Waals surface area contributed by atoms with Gasteiger partial charge in [0.05, 0.1) is 6.54 Å². The van der Waals surface area contributed by atoms with Gasteiger partial charge in [-0.3, -0.25) is 4.79 Å². The van der Waals surface area contributed by atoms with Crippen molar-refractivity contribution in [2.24, 2.45) is 0 Å². The highest BCUT2D eigenvalue weighted by molar-refractivity contribution is 9.10. The van der Waals surface area contributed by atoms with Crippen molar-refractivity contribution in [2.75, 3.05) is 11.9 Å². The quantitative estimate of drug-likeness (QED) is 0.875. The van der Waals surface area contributed by atoms with Crippen LogP contribution in [0.4, 0.5) is 5.69 Å². The zero-order valence-electron chi connectivity index (χ0n) is 11.3. The standard InChI is InChI=1S/C16H17BrN2O/c1-12(13-7-9-14(17)10-8-13)18-11-16(20)19-15-5-3-2-4-6-15/h2-10,12,18H,11H2,1H3,(H,19,20)/t12-/m1/s1. The third-order valence-corrected chi connectivity index (χ3v) is 3.53. The lowest BCUT2D eigenvalue weighted by molar-refractivity contribution is -0.115. The first-order chi connectivity index (χ1) is 9.65. The number of rotatable bonds is 5. The van der Waals surface area contributed by atoms with Gasteiger partial charge < -0.3 is 10.6 Å². The Morgan fingerprint density at radius 2 is 1.75 bits per heavy atom. The summed E-state index contributed by atoms with van der Waals surface area (Å²) >= 11 is 3.41. The fourth-order valence-corrected chi connectivity index (χ4v) is 2.11. The maximum atomic E-state index is 11.8. The van der Waals surface area contributed by atoms with E-state index in [2.05, 4.69) is 26.6 Å². The summed E-state index contributed by atoms with van der Waals surface area (Å²) in [5, 5.41) is 6.06. The van der Waals surface area contributed by atoms with E-state index in [4.69, 9.17) is 0 Å². The molecule has 1 atom stereocenters. The van der Waals surface area contributed by atoms with E-state index in [0.717, 1.165) is 15.7 Å². The third-order valence-electron chi connectivity index (χ3n) is 3.00. The average Bonchev–Trinajstić information content (AvgIpc) is 2.46. The molecule has 0 aromatic heterocycles. The zero-order valence-corrected chi connectivity index (χ0v) is 12.9. The minimum absolute atomic E-state index is 0.0415. The van der Waals surface area contributed by atoms with Crippen molar-refractivity contribution in [1.29, 1.82) is 0 Å². The lowest BCUT2D eigenvalue weighted by Gasteiger charge is -2.14. The number of hydrogen-bond acceptors (Lipinski definition) is 2. The maximum Gasteiger partial charge on any atom is 0.238 e. The number of para-hydroxylation sites is 1. The molecule has 4 heteroatoms. The van der Waals surface area contributed by atoms with Crippen LogP contribution in [0.1, 0.15) is 18.5 Å². The van der Waals surface area contributed by atoms with Crippen molar-refractivity contribution in [1.82, 2.24) is 5.32 Å². The van der Waals surface area contributed by atoms with Gasteiger partial charge in [-0.25, -0.2) is 0 Å². The normalized spacial score (nSPS) is 11.9. The maximum absolute atomic E-state index is 11.8. The topological polar surface area (TPSA) is 41.1 Å². The molecule has 3 nitrogen and oxygen atoms in total. The van der Waals surface area contributed by atoms with Crippen LogP contribution in [0.25, 0.3) is 0 Å². The molecule has 0 aliphatic rings. The van der Waals surface area contributed by atoms with Crippen molar-refractivity contribution in [3.05, 3.63) is 64.6 Å². The van der Waals surface area contributed by atoms with Gasteiger partial charge in [0.1, 0.15) is 0 Å². The summed E-state index contributed by atoms with van der Waals surface area (Å²) in [6.45, 7) is 2.32. The summed E-state index contributed by atoms with van der Waals surface area (Å²) in [7, 11) is 0. The van der Waals surface area contributed by atoms with Crippen molar-refractivity contribution < 1.29 is 4.79 Å². The van der Waals surface area contributed by atoms with Crippen LogP contribution in [0.15, 0.2) is 59.1 Å². The summed E-state index contributed by atoms with van der Waals surface area (Å²) in [5.74, 6) is -0.0415. The molecular weight excluding hydrogens is 316 g/mol. The van der Waals surface area contributed by atoms with Crippen LogP contribution in [0.2, 0.25) is 0 Å². The van der Waals surface area contributed by atoms with Gasteiger partial charge in [-0.2, -0.15) is 0 Å². The molecule has 0 radical (unpaired) electrons. The van der Waals surface area contributed by atoms with Crippen LogP contribution < -0.4 is 10.6 Å². The third kappa shape index (κ3) is 4.47. The van der Waals surface area contributed by atoms with Crippen molar-refractivity contribution >= 4 is 27.5 Å². The fourth-order valence-electron chi connectivity index (χ4n) is 1.84. The highest BCUT2D eigenvalue weighted by Crippen LogP contribution is 2.16. The molecule has 0 saturated carbocycles. The van der Waals surface area contributed by atoms with Gasteiger partial charge in [0, 0.05) is 16.2 Å². The Morgan fingerprint density at radius 1 is 1.10 bits per heavy atom. The molecule has 0 bridgehead atoms. The second-order valence-corrected chi connectivity index (χ2v) is 5.48. The lowest BCUT2D eigenvalue weighted by Crippen LogP contribution is -2.30. The van der Waals surface area contributed by atoms with Gasteiger partial charge in [-0.15, -0.1) is 0 Å². The molecule has 2 rings (SSSR count). The van der Waals surface area contributed by atoms with Gasteiger partial charge in [0.25, 0.3) is 0 Å². The minimum Gasteiger partial charge on any atom is -0.325 e. The summed E-state index contributed by atoms with van der Waals surface area (Å²) in [4.78, 5) is 11.8. The number of carbonyl (C=O) groups excluding carboxylic acids is 1. The van der Waals surface area contributed by atoms with Crippen LogP contribution in [0, 0.1) is 0 Å². The van der Waals surface area contributed by atoms with Gasteiger partial charge in [0.2, 0.25) is 5.91 Å². The molecule has 0 spiro atoms. The molecule has 20 heavy (non-hydrogen) atoms. The molecule has 0 heterocycles. The predicted octanol–water partition coefficient (Wildman–Crippen LogP) is 3.74. The molecule has 1 amide bonds. The number of halogens is 1. The fraction of sp³-hybridized carbons (Fsp3) is 0.188. The summed E-state index contributed by atoms with van der Waals surface area (Å²) < 4.78 is 1.05. The lowest BCUT2D eigenvalue weighted by atomic mass is 10.1. The van der Waals surface area contributed by atoms with Gasteiger partial charge in [-0.05, 0) is 36.8 Å². The van der Waals surface area contributed by atoms with Gasteiger partial charge in [0.15, 0.2) is 0 Å². The van der Waals surface area contributed by atoms with E-state index >= 15 is 0 Å². The van der Waals surface area contributed by atoms with E-state index in [1.165, 1.54) is 0 Å². The van der Waals surface area contributed by atoms with Crippen LogP contribution in [-0.4, -0.2) is 12.5 Å². The first-order valence-corrected chi connectivity index (χ1v) is 7.28. The Labute approximate surface area is 127 Å². The van der Waals surface area contributed by atoms with E-state index < -0.39 is 0 Å². The Morgan fingerprint density at radius 3 is 2.40 bits per heavy atom. The second-order valence-electron chi connectivity index (χ2n) is 4.57. The van der Waals surface area contributed by atoms with Crippen LogP contribution in [0.5, 0.6) is 0 Å². The molecular formula is C16H17BrN2O. The molecule has 2 aromatic rings. The highest BCUT2D eigenvalue weighted by Gasteiger charge is 2.07. The smallest absolute Gasteiger partial charge is 0.238 e. The number of hydrogen-bond donors (Lipinski definition) is 2. The van der Waals surface area contributed by atoms with Crippen molar-refractivity contribution in [3.8, 4) is 0 Å². The summed E-state index contributed by atoms with van der Waals surface area (Å²) in [6.07, 6.45) is 0. The van der Waals surface area contributed by atoms with Crippen molar-refractivity contribution in [3.63, 3.8) is 0 Å². The molecule has 0 fully saturated rings. The highest BCUT2D eigenvalue weighted by atomic mass is 79.9. The Hall–Kier alpha value is -1.65. The summed E-state index contributed by atoms with van der Waals surface area (Å²) in [5.41, 5.74) is 1.97. The van der Waals surface area contributed by atoms with Gasteiger partial charge >= 0.3 is 0 Å². The number of benzene rings is 2. The molecule has 0 aliphatic heterocycles. The first kappa shape index (κ1) is 14.8. The van der Waals surface area contributed by atoms with E-state index in [1.807, 2.05) is 61.5 Å². The van der Waals surface area contributed by atoms with E-state index in [-0.39, 0.29) is 18.5 Å². The number of carbonyl (C=O) groups is 1. The van der Waals surface area contributed by atoms with Crippen LogP contribution in [-0.2, 0) is 4.79 Å². The molecule has 2 aromatic carbocycles. The Bertz CT molecular complexity index is 554. The van der Waals surface area contributed by atoms with E-state index in [1.54, 1.807) is 0 Å². The largest absolute Gasteiger partial charge is 0.325 e. The predicted molar refractivity (Wildman–Crippen MR) is 85.6 cm³/mol. The number of amides is 1. The minimum atomic E-state index is -0.0415. The second kappa shape index (κ2) is 7.22. The zero-order chi connectivity index (χ0) is 14.4. The summed E-state index contributed by atoms with van der Waals surface area (Å²) in [6, 6.07) is 17.7. The molecule has 0 saturated heterocycles. The molecule has 0 unspecified atom stereocenters. The van der Waals surface area contributed by atoms with Crippen LogP contribution in [0.3, 0.4) is 0 Å². The monoisotopic (exact) mass is 332 g/mol. The molecule has 0 aliphatic carbocycles. The van der Waals surface area contributed by atoms with Gasteiger partial charge in [-0.1, -0.05) is 46.3 Å². The van der Waals surface area contributed by atoms with Crippen LogP contribution >= 0.6 is 15.9 Å². The van der Waals surface area contributed by atoms with E-state index in [9.17, 15) is 4.79 Å². The SMILES string of the molecule is C[C@@H](NCC(=O)Nc1ccccc1)c1ccc(Br)cc1. The number of anilines is 1. The first-order valence-electron chi connectivity index (χ1n) is 6.49. The molecule has 2 N–H and O–H groups in total.